The van der Waals surface area contributed by atoms with Gasteiger partial charge in [0.1, 0.15) is 5.69 Å². The third kappa shape index (κ3) is 4.36. The standard InChI is InChI=1S/C24H27N3O4S/c1-6-26-16(3)20(15(2)21(26)24(30)31-5)22(28)17(4)27(14-18-9-11-25-12-10-18)23(29)19-8-7-13-32-19/h7-13,17H,6,14H2,1-5H3. The van der Waals surface area contributed by atoms with Crippen LogP contribution in [0, 0.1) is 13.8 Å². The first-order valence-corrected chi connectivity index (χ1v) is 11.2. The van der Waals surface area contributed by atoms with Crippen molar-refractivity contribution in [1.29, 1.82) is 0 Å². The number of rotatable bonds is 8. The smallest absolute Gasteiger partial charge is 0.354 e. The lowest BCUT2D eigenvalue weighted by atomic mass is 9.99. The maximum atomic E-state index is 13.7. The van der Waals surface area contributed by atoms with E-state index in [1.165, 1.54) is 18.4 Å². The Hall–Kier alpha value is -3.26. The van der Waals surface area contributed by atoms with E-state index in [0.717, 1.165) is 5.56 Å². The molecule has 1 unspecified atom stereocenters. The Balaban J connectivity index is 2.04. The van der Waals surface area contributed by atoms with Crippen molar-refractivity contribution in [3.63, 3.8) is 0 Å². The van der Waals surface area contributed by atoms with Crippen LogP contribution in [0.5, 0.6) is 0 Å². The van der Waals surface area contributed by atoms with Gasteiger partial charge in [-0.05, 0) is 62.4 Å². The highest BCUT2D eigenvalue weighted by molar-refractivity contribution is 7.12. The van der Waals surface area contributed by atoms with E-state index in [1.54, 1.807) is 41.8 Å². The quantitative estimate of drug-likeness (QED) is 0.376. The molecular weight excluding hydrogens is 426 g/mol. The van der Waals surface area contributed by atoms with Crippen LogP contribution >= 0.6 is 11.3 Å². The summed E-state index contributed by atoms with van der Waals surface area (Å²) in [6.07, 6.45) is 3.32. The van der Waals surface area contributed by atoms with E-state index >= 15 is 0 Å². The number of Topliss-reactive ketones (excluding diaryl/α,β-unsaturated/α-hetero) is 1. The predicted octanol–water partition coefficient (Wildman–Crippen LogP) is 4.28. The molecule has 0 bridgehead atoms. The first kappa shape index (κ1) is 23.4. The summed E-state index contributed by atoms with van der Waals surface area (Å²) in [4.78, 5) is 45.6. The molecule has 0 saturated carbocycles. The van der Waals surface area contributed by atoms with Crippen LogP contribution in [0.3, 0.4) is 0 Å². The van der Waals surface area contributed by atoms with E-state index in [1.807, 2.05) is 37.4 Å². The van der Waals surface area contributed by atoms with E-state index in [-0.39, 0.29) is 18.2 Å². The molecule has 0 spiro atoms. The van der Waals surface area contributed by atoms with Crippen molar-refractivity contribution in [2.24, 2.45) is 0 Å². The second-order valence-electron chi connectivity index (χ2n) is 7.48. The summed E-state index contributed by atoms with van der Waals surface area (Å²) in [7, 11) is 1.32. The third-order valence-corrected chi connectivity index (χ3v) is 6.51. The number of esters is 1. The summed E-state index contributed by atoms with van der Waals surface area (Å²) in [5.41, 5.74) is 2.96. The molecular formula is C24H27N3O4S. The minimum absolute atomic E-state index is 0.212. The van der Waals surface area contributed by atoms with Gasteiger partial charge in [0.15, 0.2) is 5.78 Å². The Morgan fingerprint density at radius 3 is 2.44 bits per heavy atom. The maximum absolute atomic E-state index is 13.7. The molecule has 3 heterocycles. The molecule has 168 valence electrons. The van der Waals surface area contributed by atoms with Crippen LogP contribution in [-0.2, 0) is 17.8 Å². The van der Waals surface area contributed by atoms with Gasteiger partial charge in [-0.3, -0.25) is 14.6 Å². The lowest BCUT2D eigenvalue weighted by molar-refractivity contribution is 0.0586. The molecule has 0 aliphatic carbocycles. The zero-order valence-electron chi connectivity index (χ0n) is 18.9. The number of hydrogen-bond acceptors (Lipinski definition) is 6. The van der Waals surface area contributed by atoms with Crippen LogP contribution in [0.15, 0.2) is 42.0 Å². The van der Waals surface area contributed by atoms with Gasteiger partial charge in [-0.2, -0.15) is 0 Å². The average molecular weight is 454 g/mol. The molecule has 7 nitrogen and oxygen atoms in total. The monoisotopic (exact) mass is 453 g/mol. The van der Waals surface area contributed by atoms with Gasteiger partial charge in [-0.25, -0.2) is 4.79 Å². The maximum Gasteiger partial charge on any atom is 0.354 e. The number of ether oxygens (including phenoxy) is 1. The van der Waals surface area contributed by atoms with Gasteiger partial charge in [0, 0.05) is 36.7 Å². The van der Waals surface area contributed by atoms with Crippen molar-refractivity contribution in [2.75, 3.05) is 7.11 Å². The Bertz CT molecular complexity index is 1120. The normalized spacial score (nSPS) is 11.8. The second-order valence-corrected chi connectivity index (χ2v) is 8.42. The van der Waals surface area contributed by atoms with Gasteiger partial charge in [-0.15, -0.1) is 11.3 Å². The summed E-state index contributed by atoms with van der Waals surface area (Å²) < 4.78 is 6.73. The van der Waals surface area contributed by atoms with Crippen molar-refractivity contribution >= 4 is 29.0 Å². The second kappa shape index (κ2) is 9.91. The summed E-state index contributed by atoms with van der Waals surface area (Å²) >= 11 is 1.34. The molecule has 0 aromatic carbocycles. The average Bonchev–Trinajstić information content (AvgIpc) is 3.42. The number of thiophene rings is 1. The highest BCUT2D eigenvalue weighted by Gasteiger charge is 2.33. The van der Waals surface area contributed by atoms with Crippen molar-refractivity contribution in [1.82, 2.24) is 14.5 Å². The molecule has 32 heavy (non-hydrogen) atoms. The van der Waals surface area contributed by atoms with Gasteiger partial charge >= 0.3 is 5.97 Å². The molecule has 1 amide bonds. The van der Waals surface area contributed by atoms with Crippen LogP contribution in [0.2, 0.25) is 0 Å². The van der Waals surface area contributed by atoms with Crippen LogP contribution in [-0.4, -0.2) is 45.3 Å². The largest absolute Gasteiger partial charge is 0.464 e. The molecule has 0 N–H and O–H groups in total. The lowest BCUT2D eigenvalue weighted by Gasteiger charge is -2.28. The third-order valence-electron chi connectivity index (χ3n) is 5.65. The van der Waals surface area contributed by atoms with Gasteiger partial charge < -0.3 is 14.2 Å². The van der Waals surface area contributed by atoms with Crippen molar-refractivity contribution in [2.45, 2.75) is 46.8 Å². The number of hydrogen-bond donors (Lipinski definition) is 0. The fourth-order valence-electron chi connectivity index (χ4n) is 3.97. The molecule has 0 aliphatic rings. The molecule has 0 fully saturated rings. The zero-order valence-corrected chi connectivity index (χ0v) is 19.7. The Morgan fingerprint density at radius 1 is 1.19 bits per heavy atom. The number of nitrogens with zero attached hydrogens (tertiary/aromatic N) is 3. The van der Waals surface area contributed by atoms with Crippen LogP contribution in [0.25, 0.3) is 0 Å². The molecule has 8 heteroatoms. The Kier molecular flexibility index (Phi) is 7.25. The number of aromatic nitrogens is 2. The van der Waals surface area contributed by atoms with E-state index < -0.39 is 12.0 Å². The summed E-state index contributed by atoms with van der Waals surface area (Å²) in [5.74, 6) is -0.908. The van der Waals surface area contributed by atoms with Gasteiger partial charge in [-0.1, -0.05) is 6.07 Å². The minimum atomic E-state index is -0.742. The molecule has 3 rings (SSSR count). The van der Waals surface area contributed by atoms with Gasteiger partial charge in [0.2, 0.25) is 0 Å². The number of ketones is 1. The number of carbonyl (C=O) groups is 3. The molecule has 0 radical (unpaired) electrons. The number of methoxy groups -OCH3 is 1. The highest BCUT2D eigenvalue weighted by atomic mass is 32.1. The van der Waals surface area contributed by atoms with Gasteiger partial charge in [0.25, 0.3) is 5.91 Å². The first-order chi connectivity index (χ1) is 15.3. The molecule has 1 atom stereocenters. The molecule has 0 saturated heterocycles. The Morgan fingerprint density at radius 2 is 1.88 bits per heavy atom. The van der Waals surface area contributed by atoms with E-state index in [0.29, 0.717) is 33.9 Å². The van der Waals surface area contributed by atoms with Crippen LogP contribution in [0.1, 0.15) is 61.2 Å². The van der Waals surface area contributed by atoms with Gasteiger partial charge in [0.05, 0.1) is 18.0 Å². The first-order valence-electron chi connectivity index (χ1n) is 10.4. The summed E-state index contributed by atoms with van der Waals surface area (Å²) in [6.45, 7) is 7.99. The summed E-state index contributed by atoms with van der Waals surface area (Å²) in [5, 5.41) is 1.84. The number of carbonyl (C=O) groups excluding carboxylic acids is 3. The van der Waals surface area contributed by atoms with Crippen LogP contribution < -0.4 is 0 Å². The SMILES string of the molecule is CCn1c(C)c(C(=O)C(C)N(Cc2ccncc2)C(=O)c2cccs2)c(C)c1C(=O)OC. The van der Waals surface area contributed by atoms with E-state index in [4.69, 9.17) is 4.74 Å². The van der Waals surface area contributed by atoms with E-state index in [2.05, 4.69) is 4.98 Å². The molecule has 3 aromatic heterocycles. The zero-order chi connectivity index (χ0) is 23.4. The van der Waals surface area contributed by atoms with Crippen LogP contribution in [0.4, 0.5) is 0 Å². The minimum Gasteiger partial charge on any atom is -0.464 e. The number of amides is 1. The predicted molar refractivity (Wildman–Crippen MR) is 123 cm³/mol. The van der Waals surface area contributed by atoms with Crippen molar-refractivity contribution < 1.29 is 19.1 Å². The Labute approximate surface area is 191 Å². The fraction of sp³-hybridized carbons (Fsp3) is 0.333. The van der Waals surface area contributed by atoms with Crippen molar-refractivity contribution in [3.8, 4) is 0 Å². The highest BCUT2D eigenvalue weighted by Crippen LogP contribution is 2.27. The van der Waals surface area contributed by atoms with E-state index in [9.17, 15) is 14.4 Å². The lowest BCUT2D eigenvalue weighted by Crippen LogP contribution is -2.43. The molecule has 3 aromatic rings. The fourth-order valence-corrected chi connectivity index (χ4v) is 4.65. The topological polar surface area (TPSA) is 81.5 Å². The number of pyridine rings is 1. The molecule has 0 aliphatic heterocycles. The van der Waals surface area contributed by atoms with Crippen molar-refractivity contribution in [3.05, 3.63) is 75.0 Å². The summed E-state index contributed by atoms with van der Waals surface area (Å²) in [6, 6.07) is 6.47.